The number of rotatable bonds is 12. The van der Waals surface area contributed by atoms with Crippen LogP contribution in [0.4, 0.5) is 0 Å². The highest BCUT2D eigenvalue weighted by atomic mass is 16.5. The third-order valence-electron chi connectivity index (χ3n) is 8.05. The van der Waals surface area contributed by atoms with E-state index in [4.69, 9.17) is 14.6 Å². The molecular weight excluding hydrogens is 530 g/mol. The van der Waals surface area contributed by atoms with Gasteiger partial charge < -0.3 is 19.5 Å². The first kappa shape index (κ1) is 31.1. The molecule has 42 heavy (non-hydrogen) atoms. The Bertz CT molecular complexity index is 1360. The monoisotopic (exact) mass is 573 g/mol. The molecule has 4 rings (SSSR count). The Morgan fingerprint density at radius 3 is 2.26 bits per heavy atom. The number of nitrogens with zero attached hydrogens (tertiary/aromatic N) is 3. The van der Waals surface area contributed by atoms with Gasteiger partial charge in [-0.3, -0.25) is 14.6 Å². The third kappa shape index (κ3) is 7.49. The van der Waals surface area contributed by atoms with E-state index in [2.05, 4.69) is 47.9 Å². The van der Waals surface area contributed by atoms with Crippen LogP contribution in [0.25, 0.3) is 0 Å². The van der Waals surface area contributed by atoms with Gasteiger partial charge in [0, 0.05) is 50.4 Å². The normalized spacial score (nSPS) is 18.3. The Morgan fingerprint density at radius 2 is 1.57 bits per heavy atom. The van der Waals surface area contributed by atoms with Crippen LogP contribution in [0.2, 0.25) is 0 Å². The van der Waals surface area contributed by atoms with E-state index in [0.29, 0.717) is 24.4 Å². The van der Waals surface area contributed by atoms with Crippen molar-refractivity contribution in [1.82, 2.24) is 14.7 Å². The molecule has 3 aromatic carbocycles. The molecule has 1 N–H and O–H groups in total. The molecule has 0 radical (unpaired) electrons. The lowest BCUT2D eigenvalue weighted by atomic mass is 9.92. The summed E-state index contributed by atoms with van der Waals surface area (Å²) in [5.74, 6) is 0.363. The Hall–Kier alpha value is -3.88. The number of amides is 1. The minimum Gasteiger partial charge on any atom is -0.497 e. The fraction of sp³-hybridized carbons (Fsp3) is 0.412. The number of carbonyl (C=O) groups excluding carboxylic acids is 1. The second-order valence-electron chi connectivity index (χ2n) is 10.9. The lowest BCUT2D eigenvalue weighted by Crippen LogP contribution is -2.56. The lowest BCUT2D eigenvalue weighted by molar-refractivity contribution is -0.139. The lowest BCUT2D eigenvalue weighted by Gasteiger charge is -2.48. The van der Waals surface area contributed by atoms with Gasteiger partial charge in [-0.05, 0) is 80.8 Å². The molecule has 0 bridgehead atoms. The quantitative estimate of drug-likeness (QED) is 0.314. The molecule has 0 aromatic heterocycles. The number of methoxy groups -OCH3 is 1. The van der Waals surface area contributed by atoms with Gasteiger partial charge in [0.2, 0.25) is 0 Å². The number of carbonyl (C=O) groups is 2. The maximum atomic E-state index is 13.3. The predicted octanol–water partition coefficient (Wildman–Crippen LogP) is 5.32. The summed E-state index contributed by atoms with van der Waals surface area (Å²) in [5, 5.41) is 9.15. The van der Waals surface area contributed by atoms with Crippen molar-refractivity contribution in [3.63, 3.8) is 0 Å². The molecular formula is C34H43N3O5. The Balaban J connectivity index is 1.68. The van der Waals surface area contributed by atoms with Crippen LogP contribution in [-0.2, 0) is 11.3 Å². The molecule has 3 atom stereocenters. The zero-order chi connectivity index (χ0) is 30.2. The van der Waals surface area contributed by atoms with Gasteiger partial charge in [-0.2, -0.15) is 0 Å². The maximum Gasteiger partial charge on any atom is 0.341 e. The molecule has 1 aliphatic heterocycles. The van der Waals surface area contributed by atoms with Crippen LogP contribution in [0.1, 0.15) is 60.8 Å². The fourth-order valence-electron chi connectivity index (χ4n) is 5.84. The summed E-state index contributed by atoms with van der Waals surface area (Å²) in [6.07, 6.45) is 0. The van der Waals surface area contributed by atoms with Gasteiger partial charge in [0.15, 0.2) is 6.61 Å². The second kappa shape index (κ2) is 14.3. The number of carboxylic acids is 1. The SMILES string of the molecule is CCN(CC)C(=O)c1cccc(C(c2cccc(OCC(=O)O)c2)N2C[C@@H](C)N(Cc3cccc(OC)c3)C[C@@H]2C)c1. The number of benzene rings is 3. The van der Waals surface area contributed by atoms with E-state index in [0.717, 1.165) is 36.5 Å². The van der Waals surface area contributed by atoms with Crippen LogP contribution in [0, 0.1) is 0 Å². The van der Waals surface area contributed by atoms with Crippen molar-refractivity contribution < 1.29 is 24.2 Å². The highest BCUT2D eigenvalue weighted by Gasteiger charge is 2.35. The zero-order valence-corrected chi connectivity index (χ0v) is 25.3. The summed E-state index contributed by atoms with van der Waals surface area (Å²) in [4.78, 5) is 31.3. The molecule has 1 heterocycles. The molecule has 0 saturated carbocycles. The number of carboxylic acid groups (broad SMARTS) is 1. The van der Waals surface area contributed by atoms with Crippen LogP contribution in [-0.4, -0.2) is 83.7 Å². The zero-order valence-electron chi connectivity index (χ0n) is 25.3. The summed E-state index contributed by atoms with van der Waals surface area (Å²) in [6.45, 7) is 11.9. The van der Waals surface area contributed by atoms with E-state index < -0.39 is 12.6 Å². The highest BCUT2D eigenvalue weighted by molar-refractivity contribution is 5.94. The van der Waals surface area contributed by atoms with Crippen LogP contribution < -0.4 is 9.47 Å². The van der Waals surface area contributed by atoms with E-state index in [1.165, 1.54) is 5.56 Å². The summed E-state index contributed by atoms with van der Waals surface area (Å²) in [6, 6.07) is 24.1. The van der Waals surface area contributed by atoms with Crippen LogP contribution in [0.5, 0.6) is 11.5 Å². The van der Waals surface area contributed by atoms with Crippen molar-refractivity contribution in [3.8, 4) is 11.5 Å². The second-order valence-corrected chi connectivity index (χ2v) is 10.9. The number of aliphatic carboxylic acids is 1. The van der Waals surface area contributed by atoms with Crippen molar-refractivity contribution >= 4 is 11.9 Å². The van der Waals surface area contributed by atoms with E-state index in [-0.39, 0.29) is 24.0 Å². The van der Waals surface area contributed by atoms with Crippen LogP contribution in [0.3, 0.4) is 0 Å². The van der Waals surface area contributed by atoms with Gasteiger partial charge >= 0.3 is 5.97 Å². The van der Waals surface area contributed by atoms with Gasteiger partial charge in [-0.25, -0.2) is 4.79 Å². The molecule has 0 aliphatic carbocycles. The predicted molar refractivity (Wildman–Crippen MR) is 164 cm³/mol. The molecule has 1 unspecified atom stereocenters. The Morgan fingerprint density at radius 1 is 0.905 bits per heavy atom. The number of piperazine rings is 1. The molecule has 1 amide bonds. The van der Waals surface area contributed by atoms with Crippen LogP contribution in [0.15, 0.2) is 72.8 Å². The van der Waals surface area contributed by atoms with Crippen molar-refractivity contribution in [3.05, 3.63) is 95.1 Å². The highest BCUT2D eigenvalue weighted by Crippen LogP contribution is 2.35. The first-order valence-electron chi connectivity index (χ1n) is 14.7. The van der Waals surface area contributed by atoms with Crippen LogP contribution >= 0.6 is 0 Å². The summed E-state index contributed by atoms with van der Waals surface area (Å²) in [5.41, 5.74) is 3.88. The number of hydrogen-bond donors (Lipinski definition) is 1. The molecule has 1 aliphatic rings. The van der Waals surface area contributed by atoms with Gasteiger partial charge in [0.05, 0.1) is 13.2 Å². The summed E-state index contributed by atoms with van der Waals surface area (Å²) < 4.78 is 11.0. The molecule has 8 heteroatoms. The smallest absolute Gasteiger partial charge is 0.341 e. The Labute approximate surface area is 249 Å². The Kier molecular flexibility index (Phi) is 10.6. The summed E-state index contributed by atoms with van der Waals surface area (Å²) >= 11 is 0. The summed E-state index contributed by atoms with van der Waals surface area (Å²) in [7, 11) is 1.69. The molecule has 1 saturated heterocycles. The van der Waals surface area contributed by atoms with Gasteiger partial charge in [-0.1, -0.05) is 36.4 Å². The topological polar surface area (TPSA) is 82.5 Å². The first-order chi connectivity index (χ1) is 20.2. The van der Waals surface area contributed by atoms with E-state index in [1.807, 2.05) is 61.2 Å². The molecule has 1 fully saturated rings. The maximum absolute atomic E-state index is 13.3. The average molecular weight is 574 g/mol. The van der Waals surface area contributed by atoms with Crippen molar-refractivity contribution in [1.29, 1.82) is 0 Å². The van der Waals surface area contributed by atoms with E-state index >= 15 is 0 Å². The first-order valence-corrected chi connectivity index (χ1v) is 14.7. The van der Waals surface area contributed by atoms with Crippen molar-refractivity contribution in [2.45, 2.75) is 52.4 Å². The molecule has 3 aromatic rings. The minimum absolute atomic E-state index is 0.0173. The molecule has 8 nitrogen and oxygen atoms in total. The number of hydrogen-bond acceptors (Lipinski definition) is 6. The van der Waals surface area contributed by atoms with E-state index in [9.17, 15) is 9.59 Å². The van der Waals surface area contributed by atoms with Crippen molar-refractivity contribution in [2.75, 3.05) is 39.9 Å². The van der Waals surface area contributed by atoms with Crippen molar-refractivity contribution in [2.24, 2.45) is 0 Å². The van der Waals surface area contributed by atoms with Gasteiger partial charge in [0.1, 0.15) is 11.5 Å². The largest absolute Gasteiger partial charge is 0.497 e. The average Bonchev–Trinajstić information content (AvgIpc) is 2.99. The molecule has 224 valence electrons. The third-order valence-corrected chi connectivity index (χ3v) is 8.05. The van der Waals surface area contributed by atoms with E-state index in [1.54, 1.807) is 13.2 Å². The number of ether oxygens (including phenoxy) is 2. The standard InChI is InChI=1S/C34H43N3O5/c1-6-35(7-2)34(40)29-14-9-12-27(18-29)33(28-13-10-16-31(19-28)42-23-32(38)39)37-21-24(3)36(20-25(37)4)22-26-11-8-15-30(17-26)41-5/h8-19,24-25,33H,6-7,20-23H2,1-5H3,(H,38,39)/t24-,25+,33?/m1/s1. The molecule has 0 spiro atoms. The fourth-order valence-corrected chi connectivity index (χ4v) is 5.84. The van der Waals surface area contributed by atoms with Gasteiger partial charge in [-0.15, -0.1) is 0 Å². The minimum atomic E-state index is -1.02. The van der Waals surface area contributed by atoms with Gasteiger partial charge in [0.25, 0.3) is 5.91 Å².